The molecule has 0 aliphatic heterocycles. The first-order valence-electron chi connectivity index (χ1n) is 11.7. The number of methoxy groups -OCH3 is 1. The van der Waals surface area contributed by atoms with E-state index in [1.165, 1.54) is 6.33 Å². The van der Waals surface area contributed by atoms with Crippen LogP contribution in [0, 0.1) is 12.7 Å². The summed E-state index contributed by atoms with van der Waals surface area (Å²) in [6.07, 6.45) is 3.45. The molecule has 0 aliphatic carbocycles. The zero-order valence-electron chi connectivity index (χ0n) is 20.2. The van der Waals surface area contributed by atoms with Gasteiger partial charge in [0.2, 0.25) is 5.88 Å². The lowest BCUT2D eigenvalue weighted by atomic mass is 10.2. The number of hydrogen-bond donors (Lipinski definition) is 1. The molecule has 0 saturated carbocycles. The lowest BCUT2D eigenvalue weighted by Crippen LogP contribution is -2.26. The third-order valence-corrected chi connectivity index (χ3v) is 5.79. The molecule has 0 bridgehead atoms. The molecule has 4 rings (SSSR count). The summed E-state index contributed by atoms with van der Waals surface area (Å²) in [6.45, 7) is 9.92. The molecule has 0 spiro atoms. The predicted octanol–water partition coefficient (Wildman–Crippen LogP) is 5.86. The van der Waals surface area contributed by atoms with Crippen LogP contribution >= 0.6 is 0 Å². The zero-order chi connectivity index (χ0) is 24.1. The average molecular weight is 467 g/mol. The highest BCUT2D eigenvalue weighted by molar-refractivity contribution is 5.87. The topological polar surface area (TPSA) is 72.5 Å². The Labute approximate surface area is 198 Å². The maximum Gasteiger partial charge on any atom is 0.230 e. The number of aromatic amines is 1. The predicted molar refractivity (Wildman–Crippen MR) is 132 cm³/mol. The zero-order valence-corrected chi connectivity index (χ0v) is 20.2. The third-order valence-electron chi connectivity index (χ3n) is 5.79. The van der Waals surface area contributed by atoms with Crippen LogP contribution in [-0.4, -0.2) is 53.2 Å². The molecular weight excluding hydrogens is 435 g/mol. The maximum atomic E-state index is 15.0. The molecule has 7 nitrogen and oxygen atoms in total. The van der Waals surface area contributed by atoms with Crippen LogP contribution in [0.25, 0.3) is 21.8 Å². The molecule has 2 heterocycles. The SMILES string of the molecule is CCCN(CC)CCCOc1cc2ncnc(Oc3ccc4[nH]c(C)cc4c3F)c2cc1OC. The first kappa shape index (κ1) is 23.8. The summed E-state index contributed by atoms with van der Waals surface area (Å²) in [5.41, 5.74) is 2.22. The number of benzene rings is 2. The van der Waals surface area contributed by atoms with Crippen molar-refractivity contribution in [2.24, 2.45) is 0 Å². The molecule has 0 radical (unpaired) electrons. The third kappa shape index (κ3) is 5.07. The lowest BCUT2D eigenvalue weighted by Gasteiger charge is -2.19. The summed E-state index contributed by atoms with van der Waals surface area (Å²) in [4.78, 5) is 14.1. The number of hydrogen-bond acceptors (Lipinski definition) is 6. The van der Waals surface area contributed by atoms with E-state index in [1.54, 1.807) is 37.4 Å². The number of H-pyrrole nitrogens is 1. The van der Waals surface area contributed by atoms with Crippen LogP contribution < -0.4 is 14.2 Å². The van der Waals surface area contributed by atoms with Gasteiger partial charge in [0.05, 0.1) is 24.6 Å². The monoisotopic (exact) mass is 466 g/mol. The first-order chi connectivity index (χ1) is 16.5. The van der Waals surface area contributed by atoms with Crippen molar-refractivity contribution in [2.75, 3.05) is 33.4 Å². The smallest absolute Gasteiger partial charge is 0.230 e. The number of nitrogens with one attached hydrogen (secondary N) is 1. The Kier molecular flexibility index (Phi) is 7.47. The first-order valence-corrected chi connectivity index (χ1v) is 11.7. The summed E-state index contributed by atoms with van der Waals surface area (Å²) in [6, 6.07) is 8.71. The fraction of sp³-hybridized carbons (Fsp3) is 0.385. The Bertz CT molecular complexity index is 1270. The Morgan fingerprint density at radius 1 is 1.00 bits per heavy atom. The molecule has 34 heavy (non-hydrogen) atoms. The molecule has 180 valence electrons. The minimum Gasteiger partial charge on any atom is -0.493 e. The van der Waals surface area contributed by atoms with Crippen LogP contribution in [0.15, 0.2) is 36.7 Å². The minimum atomic E-state index is -0.440. The second-order valence-corrected chi connectivity index (χ2v) is 8.23. The maximum absolute atomic E-state index is 15.0. The van der Waals surface area contributed by atoms with Crippen LogP contribution in [-0.2, 0) is 0 Å². The normalized spacial score (nSPS) is 11.5. The van der Waals surface area contributed by atoms with Crippen molar-refractivity contribution < 1.29 is 18.6 Å². The molecule has 0 unspecified atom stereocenters. The standard InChI is InChI=1S/C26H31FN4O3/c1-5-10-31(6-2)11-7-12-33-24-15-21-19(14-23(24)32-4)26(29-16-28-21)34-22-9-8-20-18(25(22)27)13-17(3)30-20/h8-9,13-16,30H,5-7,10-12H2,1-4H3. The highest BCUT2D eigenvalue weighted by atomic mass is 19.1. The van der Waals surface area contributed by atoms with Gasteiger partial charge in [-0.15, -0.1) is 0 Å². The molecule has 0 atom stereocenters. The van der Waals surface area contributed by atoms with E-state index in [-0.39, 0.29) is 11.6 Å². The Morgan fingerprint density at radius 2 is 1.85 bits per heavy atom. The van der Waals surface area contributed by atoms with E-state index in [9.17, 15) is 0 Å². The van der Waals surface area contributed by atoms with Crippen molar-refractivity contribution in [3.8, 4) is 23.1 Å². The number of ether oxygens (including phenoxy) is 3. The van der Waals surface area contributed by atoms with Crippen LogP contribution in [0.2, 0.25) is 0 Å². The van der Waals surface area contributed by atoms with Crippen molar-refractivity contribution >= 4 is 21.8 Å². The van der Waals surface area contributed by atoms with Gasteiger partial charge in [0.15, 0.2) is 23.1 Å². The Hall–Kier alpha value is -3.39. The highest BCUT2D eigenvalue weighted by Gasteiger charge is 2.16. The van der Waals surface area contributed by atoms with E-state index >= 15 is 4.39 Å². The van der Waals surface area contributed by atoms with Gasteiger partial charge in [-0.2, -0.15) is 0 Å². The highest BCUT2D eigenvalue weighted by Crippen LogP contribution is 2.37. The van der Waals surface area contributed by atoms with Crippen molar-refractivity contribution in [3.63, 3.8) is 0 Å². The van der Waals surface area contributed by atoms with E-state index in [0.717, 1.165) is 43.7 Å². The van der Waals surface area contributed by atoms with Crippen LogP contribution in [0.4, 0.5) is 4.39 Å². The molecule has 8 heteroatoms. The minimum absolute atomic E-state index is 0.0957. The molecule has 0 amide bonds. The largest absolute Gasteiger partial charge is 0.493 e. The van der Waals surface area contributed by atoms with E-state index in [1.807, 2.05) is 6.92 Å². The van der Waals surface area contributed by atoms with E-state index < -0.39 is 5.82 Å². The van der Waals surface area contributed by atoms with Gasteiger partial charge >= 0.3 is 0 Å². The number of aromatic nitrogens is 3. The summed E-state index contributed by atoms with van der Waals surface area (Å²) in [5.74, 6) is 1.06. The lowest BCUT2D eigenvalue weighted by molar-refractivity contribution is 0.236. The van der Waals surface area contributed by atoms with Gasteiger partial charge < -0.3 is 24.1 Å². The second kappa shape index (κ2) is 10.7. The molecule has 1 N–H and O–H groups in total. The van der Waals surface area contributed by atoms with Gasteiger partial charge in [-0.25, -0.2) is 14.4 Å². The quantitative estimate of drug-likeness (QED) is 0.279. The molecule has 0 aliphatic rings. The fourth-order valence-electron chi connectivity index (χ4n) is 4.08. The van der Waals surface area contributed by atoms with E-state index in [2.05, 4.69) is 33.7 Å². The number of rotatable bonds is 11. The molecule has 2 aromatic carbocycles. The van der Waals surface area contributed by atoms with E-state index in [0.29, 0.717) is 34.4 Å². The van der Waals surface area contributed by atoms with Crippen molar-refractivity contribution in [1.82, 2.24) is 19.9 Å². The Morgan fingerprint density at radius 3 is 2.62 bits per heavy atom. The summed E-state index contributed by atoms with van der Waals surface area (Å²) in [7, 11) is 1.58. The van der Waals surface area contributed by atoms with Crippen molar-refractivity contribution in [1.29, 1.82) is 0 Å². The number of aryl methyl sites for hydroxylation is 1. The van der Waals surface area contributed by atoms with Crippen LogP contribution in [0.1, 0.15) is 32.4 Å². The number of halogens is 1. The summed E-state index contributed by atoms with van der Waals surface area (Å²) in [5, 5.41) is 1.08. The molecule has 0 saturated heterocycles. The molecule has 0 fully saturated rings. The fourth-order valence-corrected chi connectivity index (χ4v) is 4.08. The van der Waals surface area contributed by atoms with Gasteiger partial charge in [0.1, 0.15) is 6.33 Å². The average Bonchev–Trinajstić information content (AvgIpc) is 3.23. The number of fused-ring (bicyclic) bond motifs is 2. The van der Waals surface area contributed by atoms with Crippen LogP contribution in [0.5, 0.6) is 23.1 Å². The van der Waals surface area contributed by atoms with Gasteiger partial charge in [-0.05, 0) is 57.1 Å². The van der Waals surface area contributed by atoms with Gasteiger partial charge in [-0.3, -0.25) is 0 Å². The van der Waals surface area contributed by atoms with Crippen LogP contribution in [0.3, 0.4) is 0 Å². The summed E-state index contributed by atoms with van der Waals surface area (Å²) >= 11 is 0. The van der Waals surface area contributed by atoms with E-state index in [4.69, 9.17) is 14.2 Å². The number of nitrogens with zero attached hydrogens (tertiary/aromatic N) is 3. The molecule has 2 aromatic heterocycles. The molecular formula is C26H31FN4O3. The molecule has 4 aromatic rings. The summed E-state index contributed by atoms with van der Waals surface area (Å²) < 4.78 is 32.5. The van der Waals surface area contributed by atoms with Gasteiger partial charge in [-0.1, -0.05) is 13.8 Å². The Balaban J connectivity index is 1.55. The second-order valence-electron chi connectivity index (χ2n) is 8.23. The van der Waals surface area contributed by atoms with Gasteiger partial charge in [0.25, 0.3) is 0 Å². The van der Waals surface area contributed by atoms with Gasteiger partial charge in [0, 0.05) is 29.2 Å². The van der Waals surface area contributed by atoms with Crippen molar-refractivity contribution in [2.45, 2.75) is 33.6 Å². The van der Waals surface area contributed by atoms with Crippen molar-refractivity contribution in [3.05, 3.63) is 48.2 Å².